The Kier molecular flexibility index (Phi) is 6.22. The first-order valence-electron chi connectivity index (χ1n) is 7.45. The highest BCUT2D eigenvalue weighted by Crippen LogP contribution is 2.26. The molecule has 0 atom stereocenters. The Labute approximate surface area is 159 Å². The molecule has 0 aliphatic heterocycles. The molecule has 0 fully saturated rings. The number of thioether (sulfide) groups is 1. The number of hydrogen-bond acceptors (Lipinski definition) is 5. The van der Waals surface area contributed by atoms with Crippen LogP contribution in [0.5, 0.6) is 0 Å². The Morgan fingerprint density at radius 3 is 2.80 bits per heavy atom. The number of hydrogen-bond donors (Lipinski definition) is 1. The highest BCUT2D eigenvalue weighted by molar-refractivity contribution is 8.01. The Balaban J connectivity index is 1.52. The van der Waals surface area contributed by atoms with Crippen LogP contribution in [-0.4, -0.2) is 21.9 Å². The molecule has 0 aliphatic carbocycles. The van der Waals surface area contributed by atoms with E-state index in [0.29, 0.717) is 15.7 Å². The molecule has 25 heavy (non-hydrogen) atoms. The minimum atomic E-state index is -0.251. The van der Waals surface area contributed by atoms with Crippen LogP contribution >= 0.6 is 34.7 Å². The average molecular weight is 388 g/mol. The molecule has 3 rings (SSSR count). The van der Waals surface area contributed by atoms with Crippen molar-refractivity contribution in [3.63, 3.8) is 0 Å². The molecule has 0 radical (unpaired) electrons. The standard InChI is InChI=1S/C18H14ClN3OS2/c19-15-10-4-9-14(12-15)16(23)20-17-21-22-18(25-17)24-11-5-8-13-6-2-1-3-7-13/h1-10,12H,11H2,(H,20,21,23)/b8-5+. The van der Waals surface area contributed by atoms with E-state index in [1.165, 1.54) is 11.3 Å². The van der Waals surface area contributed by atoms with Crippen molar-refractivity contribution in [3.8, 4) is 0 Å². The first kappa shape index (κ1) is 17.7. The maximum absolute atomic E-state index is 12.1. The zero-order chi connectivity index (χ0) is 17.5. The van der Waals surface area contributed by atoms with Crippen LogP contribution in [0.4, 0.5) is 5.13 Å². The molecule has 1 amide bonds. The summed E-state index contributed by atoms with van der Waals surface area (Å²) in [7, 11) is 0. The van der Waals surface area contributed by atoms with Gasteiger partial charge in [-0.25, -0.2) is 0 Å². The minimum absolute atomic E-state index is 0.251. The number of halogens is 1. The van der Waals surface area contributed by atoms with Crippen molar-refractivity contribution in [2.75, 3.05) is 11.1 Å². The largest absolute Gasteiger partial charge is 0.296 e. The summed E-state index contributed by atoms with van der Waals surface area (Å²) in [6.07, 6.45) is 4.14. The van der Waals surface area contributed by atoms with E-state index in [1.54, 1.807) is 36.0 Å². The highest BCUT2D eigenvalue weighted by Gasteiger charge is 2.10. The van der Waals surface area contributed by atoms with Gasteiger partial charge in [0.25, 0.3) is 5.91 Å². The van der Waals surface area contributed by atoms with Crippen LogP contribution in [0.15, 0.2) is 65.0 Å². The second-order valence-electron chi connectivity index (χ2n) is 4.96. The van der Waals surface area contributed by atoms with Crippen LogP contribution in [0, 0.1) is 0 Å². The average Bonchev–Trinajstić information content (AvgIpc) is 3.07. The van der Waals surface area contributed by atoms with E-state index in [2.05, 4.69) is 39.8 Å². The van der Waals surface area contributed by atoms with Gasteiger partial charge in [0, 0.05) is 16.3 Å². The quantitative estimate of drug-likeness (QED) is 0.463. The fraction of sp³-hybridized carbons (Fsp3) is 0.0556. The number of carbonyl (C=O) groups excluding carboxylic acids is 1. The molecule has 0 saturated carbocycles. The highest BCUT2D eigenvalue weighted by atomic mass is 35.5. The fourth-order valence-electron chi connectivity index (χ4n) is 1.99. The molecule has 0 bridgehead atoms. The van der Waals surface area contributed by atoms with E-state index in [1.807, 2.05) is 18.2 Å². The summed E-state index contributed by atoms with van der Waals surface area (Å²) >= 11 is 8.82. The van der Waals surface area contributed by atoms with E-state index in [0.717, 1.165) is 15.7 Å². The van der Waals surface area contributed by atoms with Crippen LogP contribution in [0.1, 0.15) is 15.9 Å². The summed E-state index contributed by atoms with van der Waals surface area (Å²) in [4.78, 5) is 12.1. The fourth-order valence-corrected chi connectivity index (χ4v) is 3.76. The maximum Gasteiger partial charge on any atom is 0.257 e. The van der Waals surface area contributed by atoms with Crippen LogP contribution in [0.3, 0.4) is 0 Å². The van der Waals surface area contributed by atoms with Crippen molar-refractivity contribution in [3.05, 3.63) is 76.8 Å². The normalized spacial score (nSPS) is 10.9. The van der Waals surface area contributed by atoms with E-state index in [-0.39, 0.29) is 5.91 Å². The molecule has 0 aliphatic rings. The van der Waals surface area contributed by atoms with Gasteiger partial charge in [0.1, 0.15) is 0 Å². The lowest BCUT2D eigenvalue weighted by molar-refractivity contribution is 0.102. The van der Waals surface area contributed by atoms with Gasteiger partial charge < -0.3 is 0 Å². The molecule has 1 aromatic heterocycles. The summed E-state index contributed by atoms with van der Waals surface area (Å²) < 4.78 is 0.805. The van der Waals surface area contributed by atoms with Crippen LogP contribution in [0.25, 0.3) is 6.08 Å². The summed E-state index contributed by atoms with van der Waals surface area (Å²) in [5.41, 5.74) is 1.65. The number of carbonyl (C=O) groups is 1. The van der Waals surface area contributed by atoms with Crippen LogP contribution < -0.4 is 5.32 Å². The maximum atomic E-state index is 12.1. The van der Waals surface area contributed by atoms with E-state index in [9.17, 15) is 4.79 Å². The van der Waals surface area contributed by atoms with Crippen LogP contribution in [-0.2, 0) is 0 Å². The first-order valence-corrected chi connectivity index (χ1v) is 9.63. The Morgan fingerprint density at radius 2 is 2.00 bits per heavy atom. The molecular weight excluding hydrogens is 374 g/mol. The van der Waals surface area contributed by atoms with Gasteiger partial charge >= 0.3 is 0 Å². The zero-order valence-electron chi connectivity index (χ0n) is 13.1. The SMILES string of the molecule is O=C(Nc1nnc(SC/C=C/c2ccccc2)s1)c1cccc(Cl)c1. The van der Waals surface area contributed by atoms with Crippen molar-refractivity contribution >= 4 is 51.8 Å². The third kappa shape index (κ3) is 5.42. The first-order chi connectivity index (χ1) is 12.2. The number of nitrogens with one attached hydrogen (secondary N) is 1. The van der Waals surface area contributed by atoms with Crippen molar-refractivity contribution in [1.82, 2.24) is 10.2 Å². The van der Waals surface area contributed by atoms with E-state index < -0.39 is 0 Å². The third-order valence-electron chi connectivity index (χ3n) is 3.13. The molecule has 0 unspecified atom stereocenters. The Bertz CT molecular complexity index is 881. The topological polar surface area (TPSA) is 54.9 Å². The van der Waals surface area contributed by atoms with Gasteiger partial charge in [0.15, 0.2) is 4.34 Å². The van der Waals surface area contributed by atoms with Gasteiger partial charge in [-0.1, -0.05) is 83.2 Å². The lowest BCUT2D eigenvalue weighted by atomic mass is 10.2. The summed E-state index contributed by atoms with van der Waals surface area (Å²) in [6.45, 7) is 0. The summed E-state index contributed by atoms with van der Waals surface area (Å²) in [5.74, 6) is 0.533. The molecule has 126 valence electrons. The number of anilines is 1. The molecule has 1 N–H and O–H groups in total. The predicted molar refractivity (Wildman–Crippen MR) is 106 cm³/mol. The molecule has 7 heteroatoms. The van der Waals surface area contributed by atoms with Crippen molar-refractivity contribution in [2.45, 2.75) is 4.34 Å². The number of rotatable bonds is 6. The molecule has 4 nitrogen and oxygen atoms in total. The number of benzene rings is 2. The summed E-state index contributed by atoms with van der Waals surface area (Å²) in [6, 6.07) is 16.9. The Hall–Kier alpha value is -2.15. The van der Waals surface area contributed by atoms with Crippen molar-refractivity contribution in [1.29, 1.82) is 0 Å². The van der Waals surface area contributed by atoms with Gasteiger partial charge in [0.2, 0.25) is 5.13 Å². The minimum Gasteiger partial charge on any atom is -0.296 e. The Morgan fingerprint density at radius 1 is 1.16 bits per heavy atom. The van der Waals surface area contributed by atoms with Crippen LogP contribution in [0.2, 0.25) is 5.02 Å². The molecular formula is C18H14ClN3OS2. The van der Waals surface area contributed by atoms with Gasteiger partial charge in [-0.15, -0.1) is 10.2 Å². The third-order valence-corrected chi connectivity index (χ3v) is 5.29. The molecule has 1 heterocycles. The molecule has 2 aromatic carbocycles. The van der Waals surface area contributed by atoms with Crippen molar-refractivity contribution < 1.29 is 4.79 Å². The van der Waals surface area contributed by atoms with Gasteiger partial charge in [-0.05, 0) is 23.8 Å². The molecule has 0 spiro atoms. The number of aromatic nitrogens is 2. The second kappa shape index (κ2) is 8.80. The van der Waals surface area contributed by atoms with E-state index >= 15 is 0 Å². The van der Waals surface area contributed by atoms with Crippen molar-refractivity contribution in [2.24, 2.45) is 0 Å². The monoisotopic (exact) mass is 387 g/mol. The number of amides is 1. The lowest BCUT2D eigenvalue weighted by Crippen LogP contribution is -2.11. The number of nitrogens with zero attached hydrogens (tertiary/aromatic N) is 2. The lowest BCUT2D eigenvalue weighted by Gasteiger charge is -2.00. The molecule has 0 saturated heterocycles. The van der Waals surface area contributed by atoms with Gasteiger partial charge in [-0.2, -0.15) is 0 Å². The predicted octanol–water partition coefficient (Wildman–Crippen LogP) is 5.25. The van der Waals surface area contributed by atoms with E-state index in [4.69, 9.17) is 11.6 Å². The molecule has 3 aromatic rings. The van der Waals surface area contributed by atoms with Gasteiger partial charge in [-0.3, -0.25) is 10.1 Å². The zero-order valence-corrected chi connectivity index (χ0v) is 15.4. The smallest absolute Gasteiger partial charge is 0.257 e. The second-order valence-corrected chi connectivity index (χ2v) is 7.64. The summed E-state index contributed by atoms with van der Waals surface area (Å²) in [5, 5.41) is 11.8. The van der Waals surface area contributed by atoms with Gasteiger partial charge in [0.05, 0.1) is 0 Å².